The third-order valence-electron chi connectivity index (χ3n) is 1.04. The van der Waals surface area contributed by atoms with Gasteiger partial charge in [-0.3, -0.25) is 0 Å². The highest BCUT2D eigenvalue weighted by atomic mass is 32.1. The predicted octanol–water partition coefficient (Wildman–Crippen LogP) is 2.95. The van der Waals surface area contributed by atoms with Gasteiger partial charge in [0.15, 0.2) is 0 Å². The Labute approximate surface area is 78.4 Å². The van der Waals surface area contributed by atoms with Crippen molar-refractivity contribution in [3.8, 4) is 0 Å². The number of rotatable bonds is 2. The van der Waals surface area contributed by atoms with Crippen LogP contribution in [-0.2, 0) is 6.42 Å². The third-order valence-corrected chi connectivity index (χ3v) is 2.00. The zero-order valence-electron chi connectivity index (χ0n) is 7.29. The Morgan fingerprint density at radius 2 is 2.18 bits per heavy atom. The van der Waals surface area contributed by atoms with Gasteiger partial charge in [-0.1, -0.05) is 13.8 Å². The maximum Gasteiger partial charge on any atom is 0.0553 e. The number of aromatic nitrogens is 1. The van der Waals surface area contributed by atoms with Gasteiger partial charge in [0.05, 0.1) is 5.69 Å². The number of hydrogen-bond acceptors (Lipinski definition) is 3. The van der Waals surface area contributed by atoms with E-state index in [0.29, 0.717) is 0 Å². The zero-order valence-corrected chi connectivity index (χ0v) is 9.01. The smallest absolute Gasteiger partial charge is 0.0553 e. The molecule has 0 aliphatic carbocycles. The van der Waals surface area contributed by atoms with Crippen molar-refractivity contribution in [2.24, 2.45) is 0 Å². The molecule has 1 aromatic heterocycles. The first-order valence-electron chi connectivity index (χ1n) is 3.86. The summed E-state index contributed by atoms with van der Waals surface area (Å²) in [5.41, 5.74) is 1.17. The molecule has 0 atom stereocenters. The molecule has 0 radical (unpaired) electrons. The maximum absolute atomic E-state index is 4.20. The lowest BCUT2D eigenvalue weighted by Crippen LogP contribution is -1.82. The van der Waals surface area contributed by atoms with Gasteiger partial charge in [-0.05, 0) is 36.7 Å². The van der Waals surface area contributed by atoms with Crippen LogP contribution in [0.2, 0.25) is 0 Å². The summed E-state index contributed by atoms with van der Waals surface area (Å²) in [6.07, 6.45) is 0.994. The molecule has 64 valence electrons. The second kappa shape index (κ2) is 6.68. The van der Waals surface area contributed by atoms with Crippen LogP contribution in [0.3, 0.4) is 0 Å². The molecule has 1 heterocycles. The minimum Gasteiger partial charge on any atom is -0.197 e. The van der Waals surface area contributed by atoms with Crippen LogP contribution in [0.5, 0.6) is 0 Å². The van der Waals surface area contributed by atoms with Gasteiger partial charge in [0, 0.05) is 4.88 Å². The SMILES string of the molecule is CC.Cc1cc(CCS)ns1. The quantitative estimate of drug-likeness (QED) is 0.706. The van der Waals surface area contributed by atoms with Gasteiger partial charge >= 0.3 is 0 Å². The average molecular weight is 189 g/mol. The lowest BCUT2D eigenvalue weighted by molar-refractivity contribution is 1.10. The van der Waals surface area contributed by atoms with Gasteiger partial charge in [-0.25, -0.2) is 0 Å². The Bertz CT molecular complexity index is 184. The second-order valence-corrected chi connectivity index (χ2v) is 3.36. The van der Waals surface area contributed by atoms with E-state index in [-0.39, 0.29) is 0 Å². The summed E-state index contributed by atoms with van der Waals surface area (Å²) >= 11 is 5.67. The summed E-state index contributed by atoms with van der Waals surface area (Å²) in [5.74, 6) is 0.892. The van der Waals surface area contributed by atoms with E-state index in [2.05, 4.69) is 30.0 Å². The normalized spacial score (nSPS) is 8.73. The summed E-state index contributed by atoms with van der Waals surface area (Å²) in [6.45, 7) is 6.07. The molecule has 0 N–H and O–H groups in total. The molecular weight excluding hydrogens is 174 g/mol. The Hall–Kier alpha value is -0.0200. The van der Waals surface area contributed by atoms with Crippen LogP contribution in [0.4, 0.5) is 0 Å². The number of aryl methyl sites for hydroxylation is 2. The Balaban J connectivity index is 0.000000461. The second-order valence-electron chi connectivity index (χ2n) is 1.90. The molecule has 1 rings (SSSR count). The highest BCUT2D eigenvalue weighted by Gasteiger charge is 1.94. The van der Waals surface area contributed by atoms with E-state index in [1.807, 2.05) is 13.8 Å². The van der Waals surface area contributed by atoms with Crippen LogP contribution in [0.15, 0.2) is 6.07 Å². The fourth-order valence-corrected chi connectivity index (χ4v) is 1.47. The van der Waals surface area contributed by atoms with Crippen LogP contribution in [0.1, 0.15) is 24.4 Å². The average Bonchev–Trinajstić information content (AvgIpc) is 2.41. The summed E-state index contributed by atoms with van der Waals surface area (Å²) in [4.78, 5) is 1.28. The number of nitrogens with zero attached hydrogens (tertiary/aromatic N) is 1. The molecule has 1 nitrogen and oxygen atoms in total. The lowest BCUT2D eigenvalue weighted by Gasteiger charge is -1.84. The fourth-order valence-electron chi connectivity index (χ4n) is 0.650. The molecule has 0 amide bonds. The molecule has 0 saturated heterocycles. The van der Waals surface area contributed by atoms with Crippen molar-refractivity contribution < 1.29 is 0 Å². The molecule has 0 aromatic carbocycles. The van der Waals surface area contributed by atoms with E-state index in [0.717, 1.165) is 12.2 Å². The lowest BCUT2D eigenvalue weighted by atomic mass is 10.3. The molecule has 0 bridgehead atoms. The number of hydrogen-bond donors (Lipinski definition) is 1. The molecule has 11 heavy (non-hydrogen) atoms. The van der Waals surface area contributed by atoms with Crippen molar-refractivity contribution in [2.75, 3.05) is 5.75 Å². The van der Waals surface area contributed by atoms with Gasteiger partial charge in [0.2, 0.25) is 0 Å². The van der Waals surface area contributed by atoms with Crippen LogP contribution < -0.4 is 0 Å². The first kappa shape index (κ1) is 11.0. The topological polar surface area (TPSA) is 12.9 Å². The van der Waals surface area contributed by atoms with Crippen LogP contribution in [-0.4, -0.2) is 10.1 Å². The van der Waals surface area contributed by atoms with E-state index >= 15 is 0 Å². The molecule has 0 aliphatic rings. The Morgan fingerprint density at radius 3 is 2.55 bits per heavy atom. The summed E-state index contributed by atoms with van der Waals surface area (Å²) < 4.78 is 4.20. The first-order chi connectivity index (χ1) is 5.33. The van der Waals surface area contributed by atoms with Crippen molar-refractivity contribution in [3.05, 3.63) is 16.6 Å². The minimum atomic E-state index is 0.892. The zero-order chi connectivity index (χ0) is 8.69. The summed E-state index contributed by atoms with van der Waals surface area (Å²) in [7, 11) is 0. The van der Waals surface area contributed by atoms with Gasteiger partial charge in [-0.2, -0.15) is 17.0 Å². The van der Waals surface area contributed by atoms with E-state index in [9.17, 15) is 0 Å². The highest BCUT2D eigenvalue weighted by molar-refractivity contribution is 7.80. The van der Waals surface area contributed by atoms with E-state index in [4.69, 9.17) is 0 Å². The maximum atomic E-state index is 4.20. The Morgan fingerprint density at radius 1 is 1.55 bits per heavy atom. The molecule has 0 aliphatic heterocycles. The van der Waals surface area contributed by atoms with Gasteiger partial charge in [0.1, 0.15) is 0 Å². The van der Waals surface area contributed by atoms with Crippen molar-refractivity contribution in [1.29, 1.82) is 0 Å². The van der Waals surface area contributed by atoms with Crippen molar-refractivity contribution in [3.63, 3.8) is 0 Å². The molecule has 0 saturated carbocycles. The standard InChI is InChI=1S/C6H9NS2.C2H6/c1-5-4-6(2-3-8)7-9-5;1-2/h4,8H,2-3H2,1H3;1-2H3. The monoisotopic (exact) mass is 189 g/mol. The van der Waals surface area contributed by atoms with Gasteiger partial charge < -0.3 is 0 Å². The van der Waals surface area contributed by atoms with Gasteiger partial charge in [-0.15, -0.1) is 0 Å². The third kappa shape index (κ3) is 4.43. The Kier molecular flexibility index (Phi) is 6.66. The molecule has 0 spiro atoms. The first-order valence-corrected chi connectivity index (χ1v) is 5.26. The van der Waals surface area contributed by atoms with Gasteiger partial charge in [0.25, 0.3) is 0 Å². The van der Waals surface area contributed by atoms with E-state index in [1.54, 1.807) is 11.5 Å². The van der Waals surface area contributed by atoms with Crippen LogP contribution in [0.25, 0.3) is 0 Å². The minimum absolute atomic E-state index is 0.892. The largest absolute Gasteiger partial charge is 0.197 e. The molecule has 0 fully saturated rings. The van der Waals surface area contributed by atoms with Crippen molar-refractivity contribution in [2.45, 2.75) is 27.2 Å². The highest BCUT2D eigenvalue weighted by Crippen LogP contribution is 2.08. The molecule has 0 unspecified atom stereocenters. The molecular formula is C8H15NS2. The fraction of sp³-hybridized carbons (Fsp3) is 0.625. The van der Waals surface area contributed by atoms with E-state index in [1.165, 1.54) is 10.6 Å². The molecule has 3 heteroatoms. The van der Waals surface area contributed by atoms with E-state index < -0.39 is 0 Å². The van der Waals surface area contributed by atoms with Crippen molar-refractivity contribution in [1.82, 2.24) is 4.37 Å². The van der Waals surface area contributed by atoms with Crippen LogP contribution in [0, 0.1) is 6.92 Å². The predicted molar refractivity (Wildman–Crippen MR) is 55.8 cm³/mol. The summed E-state index contributed by atoms with van der Waals surface area (Å²) in [5, 5.41) is 0. The van der Waals surface area contributed by atoms with Crippen molar-refractivity contribution >= 4 is 24.2 Å². The molecule has 1 aromatic rings. The summed E-state index contributed by atoms with van der Waals surface area (Å²) in [6, 6.07) is 2.11. The van der Waals surface area contributed by atoms with Crippen LogP contribution >= 0.6 is 24.2 Å². The number of thiol groups is 1.